The van der Waals surface area contributed by atoms with Crippen LogP contribution in [0.2, 0.25) is 0 Å². The second-order valence-corrected chi connectivity index (χ2v) is 12.0. The first-order chi connectivity index (χ1) is 17.8. The van der Waals surface area contributed by atoms with Gasteiger partial charge in [0.15, 0.2) is 23.4 Å². The molecule has 194 valence electrons. The molecular weight excluding hydrogens is 496 g/mol. The third kappa shape index (κ3) is 3.00. The molecule has 3 aliphatic carbocycles. The first-order valence-electron chi connectivity index (χ1n) is 12.8. The Labute approximate surface area is 217 Å². The third-order valence-corrected chi connectivity index (χ3v) is 10.1. The van der Waals surface area contributed by atoms with E-state index in [1.165, 1.54) is 20.0 Å². The summed E-state index contributed by atoms with van der Waals surface area (Å²) in [6.07, 6.45) is 2.31. The zero-order chi connectivity index (χ0) is 25.7. The maximum absolute atomic E-state index is 13.9. The number of hydrogen-bond donors (Lipinski definition) is 3. The molecule has 3 heterocycles. The first-order valence-corrected chi connectivity index (χ1v) is 13.6. The van der Waals surface area contributed by atoms with E-state index < -0.39 is 40.7 Å². The highest BCUT2D eigenvalue weighted by Gasteiger charge is 2.75. The van der Waals surface area contributed by atoms with Crippen LogP contribution < -0.4 is 10.1 Å². The summed E-state index contributed by atoms with van der Waals surface area (Å²) in [5.74, 6) is -1.92. The molecule has 3 N–H and O–H groups in total. The molecule has 2 aliphatic heterocycles. The van der Waals surface area contributed by atoms with Crippen molar-refractivity contribution in [2.45, 2.75) is 55.3 Å². The number of nitrogens with one attached hydrogen (secondary N) is 1. The van der Waals surface area contributed by atoms with E-state index in [1.54, 1.807) is 17.5 Å². The average Bonchev–Trinajstić information content (AvgIpc) is 3.44. The van der Waals surface area contributed by atoms with Crippen LogP contribution in [0, 0.1) is 11.8 Å². The number of thiophene rings is 1. The lowest BCUT2D eigenvalue weighted by molar-refractivity contribution is -0.197. The molecule has 2 saturated carbocycles. The van der Waals surface area contributed by atoms with Crippen LogP contribution in [0.3, 0.4) is 0 Å². The molecule has 1 amide bonds. The number of aliphatic hydroxyl groups is 1. The van der Waals surface area contributed by atoms with Gasteiger partial charge in [0.05, 0.1) is 23.8 Å². The van der Waals surface area contributed by atoms with Crippen LogP contribution in [0.15, 0.2) is 23.6 Å². The number of esters is 1. The van der Waals surface area contributed by atoms with Gasteiger partial charge >= 0.3 is 5.97 Å². The van der Waals surface area contributed by atoms with E-state index in [0.717, 1.165) is 35.6 Å². The van der Waals surface area contributed by atoms with Crippen molar-refractivity contribution in [1.29, 1.82) is 0 Å². The molecule has 37 heavy (non-hydrogen) atoms. The molecule has 0 radical (unpaired) electrons. The van der Waals surface area contributed by atoms with Crippen LogP contribution in [-0.4, -0.2) is 70.7 Å². The minimum Gasteiger partial charge on any atom is -0.504 e. The van der Waals surface area contributed by atoms with Crippen LogP contribution in [0.25, 0.3) is 0 Å². The van der Waals surface area contributed by atoms with E-state index in [9.17, 15) is 24.6 Å². The fourth-order valence-corrected chi connectivity index (χ4v) is 8.17. The molecule has 1 aromatic heterocycles. The Morgan fingerprint density at radius 2 is 2.11 bits per heavy atom. The van der Waals surface area contributed by atoms with Crippen molar-refractivity contribution in [3.8, 4) is 11.5 Å². The number of rotatable bonds is 5. The number of phenols is 1. The van der Waals surface area contributed by atoms with Gasteiger partial charge in [-0.3, -0.25) is 14.5 Å². The Kier molecular flexibility index (Phi) is 4.88. The Morgan fingerprint density at radius 3 is 2.86 bits per heavy atom. The minimum absolute atomic E-state index is 0.0460. The van der Waals surface area contributed by atoms with Crippen LogP contribution in [0.5, 0.6) is 11.5 Å². The molecule has 7 rings (SSSR count). The fraction of sp³-hybridized carbons (Fsp3) is 0.519. The molecule has 1 unspecified atom stereocenters. The van der Waals surface area contributed by atoms with Crippen molar-refractivity contribution in [1.82, 2.24) is 4.90 Å². The molecular formula is C27H28N2O7S. The topological polar surface area (TPSA) is 125 Å². The highest BCUT2D eigenvalue weighted by molar-refractivity contribution is 7.12. The number of benzene rings is 1. The number of Topliss-reactive ketones (excluding diaryl/α,β-unsaturated/α-hetero) is 1. The quantitative estimate of drug-likeness (QED) is 0.402. The van der Waals surface area contributed by atoms with Gasteiger partial charge < -0.3 is 25.0 Å². The molecule has 5 atom stereocenters. The van der Waals surface area contributed by atoms with Gasteiger partial charge in [-0.1, -0.05) is 6.07 Å². The molecule has 9 nitrogen and oxygen atoms in total. The van der Waals surface area contributed by atoms with Gasteiger partial charge in [0.1, 0.15) is 10.8 Å². The lowest BCUT2D eigenvalue weighted by Gasteiger charge is -2.63. The van der Waals surface area contributed by atoms with Crippen molar-refractivity contribution >= 4 is 34.7 Å². The van der Waals surface area contributed by atoms with Gasteiger partial charge in [-0.15, -0.1) is 11.3 Å². The van der Waals surface area contributed by atoms with Gasteiger partial charge in [0.2, 0.25) is 5.91 Å². The number of piperidine rings is 1. The van der Waals surface area contributed by atoms with E-state index in [2.05, 4.69) is 10.2 Å². The number of aromatic hydroxyl groups is 1. The first kappa shape index (κ1) is 23.2. The highest BCUT2D eigenvalue weighted by atomic mass is 32.1. The van der Waals surface area contributed by atoms with Crippen molar-refractivity contribution < 1.29 is 34.1 Å². The Bertz CT molecular complexity index is 1350. The van der Waals surface area contributed by atoms with Gasteiger partial charge in [-0.05, 0) is 67.6 Å². The Balaban J connectivity index is 1.30. The summed E-state index contributed by atoms with van der Waals surface area (Å²) in [4.78, 5) is 42.2. The summed E-state index contributed by atoms with van der Waals surface area (Å²) in [6.45, 7) is 1.61. The maximum Gasteiger partial charge on any atom is 0.350 e. The summed E-state index contributed by atoms with van der Waals surface area (Å²) >= 11 is 1.13. The second-order valence-electron chi connectivity index (χ2n) is 11.1. The number of amides is 1. The standard InChI is InChI=1S/C27H28N2O7S/c1-35-25(33)22-16(6-9-37-22)28-24(32)15-11-27(34)18-10-14-4-5-17(30)21-19(14)26(27,23(36-21)20(15)31)7-8-29(18)12-13-2-3-13/h4-6,9,13,15,18,23,30,34H,2-3,7-8,10-12H2,1H3,(H,28,32)/t15?,18-,23+,26+,27-/m1/s1. The number of hydrogen-bond acceptors (Lipinski definition) is 9. The number of phenolic OH excluding ortho intramolecular Hbond substituents is 1. The monoisotopic (exact) mass is 524 g/mol. The number of ether oxygens (including phenoxy) is 2. The van der Waals surface area contributed by atoms with Gasteiger partial charge in [-0.25, -0.2) is 4.79 Å². The van der Waals surface area contributed by atoms with Crippen LogP contribution in [-0.2, 0) is 26.2 Å². The van der Waals surface area contributed by atoms with Crippen molar-refractivity contribution in [3.63, 3.8) is 0 Å². The molecule has 1 aromatic carbocycles. The summed E-state index contributed by atoms with van der Waals surface area (Å²) in [7, 11) is 1.27. The highest BCUT2D eigenvalue weighted by Crippen LogP contribution is 2.65. The normalized spacial score (nSPS) is 33.5. The van der Waals surface area contributed by atoms with E-state index in [-0.39, 0.29) is 34.5 Å². The average molecular weight is 525 g/mol. The SMILES string of the molecule is COC(=O)c1sccc1NC(=O)C1C[C@@]2(O)[C@H]3Cc4ccc(O)c5c4[C@@]2(CCN3CC2CC2)[C@@H](O5)C1=O. The molecule has 2 bridgehead atoms. The number of likely N-dealkylation sites (tertiary alicyclic amines) is 1. The second kappa shape index (κ2) is 7.78. The van der Waals surface area contributed by atoms with E-state index >= 15 is 0 Å². The minimum atomic E-state index is -1.40. The predicted octanol–water partition coefficient (Wildman–Crippen LogP) is 2.24. The third-order valence-electron chi connectivity index (χ3n) is 9.24. The van der Waals surface area contributed by atoms with Crippen LogP contribution in [0.4, 0.5) is 5.69 Å². The van der Waals surface area contributed by atoms with Crippen LogP contribution in [0.1, 0.15) is 46.5 Å². The van der Waals surface area contributed by atoms with Gasteiger partial charge in [-0.2, -0.15) is 0 Å². The predicted molar refractivity (Wildman–Crippen MR) is 133 cm³/mol. The summed E-state index contributed by atoms with van der Waals surface area (Å²) in [5.41, 5.74) is -0.404. The van der Waals surface area contributed by atoms with E-state index in [1.807, 2.05) is 6.07 Å². The van der Waals surface area contributed by atoms with Gasteiger partial charge in [0.25, 0.3) is 0 Å². The zero-order valence-electron chi connectivity index (χ0n) is 20.4. The summed E-state index contributed by atoms with van der Waals surface area (Å²) < 4.78 is 11.0. The lowest BCUT2D eigenvalue weighted by Crippen LogP contribution is -2.78. The zero-order valence-corrected chi connectivity index (χ0v) is 21.2. The summed E-state index contributed by atoms with van der Waals surface area (Å²) in [6, 6.07) is 4.79. The number of carbonyl (C=O) groups is 3. The summed E-state index contributed by atoms with van der Waals surface area (Å²) in [5, 5.41) is 27.7. The van der Waals surface area contributed by atoms with E-state index in [4.69, 9.17) is 9.47 Å². The van der Waals surface area contributed by atoms with Crippen molar-refractivity contribution in [2.75, 3.05) is 25.5 Å². The smallest absolute Gasteiger partial charge is 0.350 e. The van der Waals surface area contributed by atoms with Crippen molar-refractivity contribution in [3.05, 3.63) is 39.6 Å². The molecule has 5 aliphatic rings. The fourth-order valence-electron chi connectivity index (χ4n) is 7.40. The Morgan fingerprint density at radius 1 is 1.30 bits per heavy atom. The van der Waals surface area contributed by atoms with Gasteiger partial charge in [0, 0.05) is 18.2 Å². The van der Waals surface area contributed by atoms with Crippen molar-refractivity contribution in [2.24, 2.45) is 11.8 Å². The number of anilines is 1. The largest absolute Gasteiger partial charge is 0.504 e. The number of nitrogens with zero attached hydrogens (tertiary/aromatic N) is 1. The molecule has 10 heteroatoms. The number of carbonyl (C=O) groups excluding carboxylic acids is 3. The molecule has 3 fully saturated rings. The van der Waals surface area contributed by atoms with E-state index in [0.29, 0.717) is 18.8 Å². The Hall–Kier alpha value is -2.95. The number of methoxy groups -OCH3 is 1. The lowest BCUT2D eigenvalue weighted by atomic mass is 9.47. The molecule has 1 saturated heterocycles. The van der Waals surface area contributed by atoms with Crippen LogP contribution >= 0.6 is 11.3 Å². The molecule has 1 spiro atoms. The maximum atomic E-state index is 13.9. The number of ketones is 1. The molecule has 2 aromatic rings.